The zero-order valence-corrected chi connectivity index (χ0v) is 19.0. The second kappa shape index (κ2) is 9.81. The molecule has 3 N–H and O–H groups in total. The second-order valence-electron chi connectivity index (χ2n) is 9.42. The van der Waals surface area contributed by atoms with Crippen LogP contribution in [0, 0.1) is 5.92 Å². The summed E-state index contributed by atoms with van der Waals surface area (Å²) in [6, 6.07) is -1.71. The highest BCUT2D eigenvalue weighted by atomic mass is 16.7. The quantitative estimate of drug-likeness (QED) is 0.477. The number of piperidine rings is 2. The number of carboxylic acids is 1. The lowest BCUT2D eigenvalue weighted by Crippen LogP contribution is -2.56. The zero-order valence-electron chi connectivity index (χ0n) is 19.0. The van der Waals surface area contributed by atoms with Crippen molar-refractivity contribution in [2.24, 2.45) is 5.92 Å². The number of carbonyl (C=O) groups is 5. The van der Waals surface area contributed by atoms with Crippen LogP contribution in [-0.4, -0.2) is 93.8 Å². The molecule has 0 radical (unpaired) electrons. The number of carbonyl (C=O) groups excluding carboxylic acids is 4. The van der Waals surface area contributed by atoms with Gasteiger partial charge in [-0.1, -0.05) is 0 Å². The number of likely N-dealkylation sites (tertiary alicyclic amines) is 1. The predicted molar refractivity (Wildman–Crippen MR) is 111 cm³/mol. The number of urea groups is 1. The number of nitrogens with zero attached hydrogens (tertiary/aromatic N) is 3. The largest absolute Gasteiger partial charge is 0.479 e. The third kappa shape index (κ3) is 6.03. The van der Waals surface area contributed by atoms with Gasteiger partial charge in [-0.3, -0.25) is 25.3 Å². The van der Waals surface area contributed by atoms with Gasteiger partial charge in [0.2, 0.25) is 5.91 Å². The smallest absolute Gasteiger partial charge is 0.410 e. The third-order valence-corrected chi connectivity index (χ3v) is 5.71. The Labute approximate surface area is 191 Å². The molecular weight excluding hydrogens is 438 g/mol. The van der Waals surface area contributed by atoms with E-state index in [0.717, 1.165) is 5.06 Å². The molecule has 0 saturated carbocycles. The average Bonchev–Trinajstić information content (AvgIpc) is 2.98. The van der Waals surface area contributed by atoms with Crippen molar-refractivity contribution in [3.63, 3.8) is 0 Å². The summed E-state index contributed by atoms with van der Waals surface area (Å²) in [6.45, 7) is 5.57. The van der Waals surface area contributed by atoms with Crippen LogP contribution in [0.1, 0.15) is 46.5 Å². The van der Waals surface area contributed by atoms with Crippen LogP contribution in [0.4, 0.5) is 9.59 Å². The highest BCUT2D eigenvalue weighted by Gasteiger charge is 2.48. The molecule has 0 unspecified atom stereocenters. The summed E-state index contributed by atoms with van der Waals surface area (Å²) in [5, 5.41) is 9.76. The normalized spacial score (nSPS) is 25.0. The molecule has 3 fully saturated rings. The average molecular weight is 469 g/mol. The van der Waals surface area contributed by atoms with E-state index in [0.29, 0.717) is 32.2 Å². The summed E-state index contributed by atoms with van der Waals surface area (Å²) >= 11 is 0. The van der Waals surface area contributed by atoms with Gasteiger partial charge in [0, 0.05) is 19.6 Å². The highest BCUT2D eigenvalue weighted by molar-refractivity contribution is 5.90. The predicted octanol–water partition coefficient (Wildman–Crippen LogP) is 0.0657. The summed E-state index contributed by atoms with van der Waals surface area (Å²) in [7, 11) is 0. The van der Waals surface area contributed by atoms with Gasteiger partial charge >= 0.3 is 18.1 Å². The van der Waals surface area contributed by atoms with E-state index < -0.39 is 54.1 Å². The van der Waals surface area contributed by atoms with E-state index in [2.05, 4.69) is 10.9 Å². The van der Waals surface area contributed by atoms with Crippen molar-refractivity contribution in [2.45, 2.75) is 64.1 Å². The fourth-order valence-electron chi connectivity index (χ4n) is 4.19. The van der Waals surface area contributed by atoms with Gasteiger partial charge in [0.25, 0.3) is 5.91 Å². The van der Waals surface area contributed by atoms with E-state index in [1.165, 1.54) is 9.80 Å². The number of rotatable bonds is 5. The summed E-state index contributed by atoms with van der Waals surface area (Å²) in [4.78, 5) is 68.6. The van der Waals surface area contributed by atoms with Crippen molar-refractivity contribution in [3.8, 4) is 0 Å². The van der Waals surface area contributed by atoms with Crippen LogP contribution >= 0.6 is 0 Å². The number of hydrogen-bond donors (Lipinski definition) is 3. The molecule has 0 aromatic carbocycles. The van der Waals surface area contributed by atoms with E-state index in [9.17, 15) is 24.0 Å². The number of amides is 5. The van der Waals surface area contributed by atoms with Gasteiger partial charge in [-0.05, 0) is 46.5 Å². The molecule has 2 bridgehead atoms. The van der Waals surface area contributed by atoms with Gasteiger partial charge in [-0.2, -0.15) is 5.06 Å². The standard InChI is InChI=1S/C20H31N5O8/c1-20(2,3)33-19(31)23-8-4-5-12(9-23)16(28)21-22-17(29)14-7-6-13-10-24(14)18(30)25(13)32-11-15(26)27/h12-14H,4-11H2,1-3H3,(H,21,28)(H,22,29)(H,26,27)/t12-,13+,14-/m1/s1. The number of nitrogens with one attached hydrogen (secondary N) is 2. The van der Waals surface area contributed by atoms with Gasteiger partial charge in [-0.25, -0.2) is 14.4 Å². The minimum absolute atomic E-state index is 0.183. The molecule has 33 heavy (non-hydrogen) atoms. The van der Waals surface area contributed by atoms with Crippen LogP contribution in [-0.2, 0) is 24.0 Å². The Hall–Kier alpha value is -3.09. The number of fused-ring (bicyclic) bond motifs is 2. The Bertz CT molecular complexity index is 813. The summed E-state index contributed by atoms with van der Waals surface area (Å²) in [6.07, 6.45) is 1.52. The number of carboxylic acid groups (broad SMARTS) is 1. The topological polar surface area (TPSA) is 158 Å². The van der Waals surface area contributed by atoms with Crippen molar-refractivity contribution in [3.05, 3.63) is 0 Å². The van der Waals surface area contributed by atoms with Crippen molar-refractivity contribution in [1.29, 1.82) is 0 Å². The van der Waals surface area contributed by atoms with E-state index in [4.69, 9.17) is 14.7 Å². The minimum atomic E-state index is -1.20. The molecule has 3 heterocycles. The van der Waals surface area contributed by atoms with Gasteiger partial charge in [0.05, 0.1) is 12.0 Å². The van der Waals surface area contributed by atoms with Crippen LogP contribution in [0.5, 0.6) is 0 Å². The maximum Gasteiger partial charge on any atom is 0.410 e. The molecule has 3 saturated heterocycles. The molecule has 0 aliphatic carbocycles. The Morgan fingerprint density at radius 3 is 2.42 bits per heavy atom. The molecule has 13 heteroatoms. The van der Waals surface area contributed by atoms with Crippen molar-refractivity contribution in [1.82, 2.24) is 25.7 Å². The monoisotopic (exact) mass is 469 g/mol. The first kappa shape index (κ1) is 24.6. The lowest BCUT2D eigenvalue weighted by Gasteiger charge is -2.33. The van der Waals surface area contributed by atoms with Crippen LogP contribution < -0.4 is 10.9 Å². The van der Waals surface area contributed by atoms with Gasteiger partial charge < -0.3 is 19.6 Å². The van der Waals surface area contributed by atoms with Crippen LogP contribution in [0.2, 0.25) is 0 Å². The molecule has 0 spiro atoms. The molecular formula is C20H31N5O8. The summed E-state index contributed by atoms with van der Waals surface area (Å²) < 4.78 is 5.36. The zero-order chi connectivity index (χ0) is 24.3. The highest BCUT2D eigenvalue weighted by Crippen LogP contribution is 2.30. The van der Waals surface area contributed by atoms with Gasteiger partial charge in [0.1, 0.15) is 11.6 Å². The SMILES string of the molecule is CC(C)(C)OC(=O)N1CCC[C@@H](C(=O)NNC(=O)[C@H]2CC[C@H]3CN2C(=O)N3OCC(=O)O)C1. The summed E-state index contributed by atoms with van der Waals surface area (Å²) in [5.74, 6) is -2.68. The molecule has 3 atom stereocenters. The maximum atomic E-state index is 12.7. The number of ether oxygens (including phenoxy) is 1. The fourth-order valence-corrected chi connectivity index (χ4v) is 4.19. The first-order valence-corrected chi connectivity index (χ1v) is 11.0. The van der Waals surface area contributed by atoms with Crippen molar-refractivity contribution in [2.75, 3.05) is 26.2 Å². The molecule has 184 valence electrons. The molecule has 0 aromatic heterocycles. The molecule has 0 aromatic rings. The van der Waals surface area contributed by atoms with E-state index in [-0.39, 0.29) is 19.1 Å². The number of hydrazine groups is 1. The number of hydrogen-bond acceptors (Lipinski definition) is 7. The molecule has 13 nitrogen and oxygen atoms in total. The summed E-state index contributed by atoms with van der Waals surface area (Å²) in [5.41, 5.74) is 4.15. The van der Waals surface area contributed by atoms with E-state index >= 15 is 0 Å². The fraction of sp³-hybridized carbons (Fsp3) is 0.750. The van der Waals surface area contributed by atoms with Gasteiger partial charge in [-0.15, -0.1) is 0 Å². The minimum Gasteiger partial charge on any atom is -0.479 e. The van der Waals surface area contributed by atoms with Gasteiger partial charge in [0.15, 0.2) is 6.61 Å². The van der Waals surface area contributed by atoms with Crippen LogP contribution in [0.25, 0.3) is 0 Å². The number of aliphatic carboxylic acids is 1. The van der Waals surface area contributed by atoms with Crippen molar-refractivity contribution < 1.29 is 38.7 Å². The van der Waals surface area contributed by atoms with Crippen LogP contribution in [0.15, 0.2) is 0 Å². The van der Waals surface area contributed by atoms with Crippen LogP contribution in [0.3, 0.4) is 0 Å². The van der Waals surface area contributed by atoms with E-state index in [1.807, 2.05) is 0 Å². The molecule has 3 aliphatic heterocycles. The Balaban J connectivity index is 1.49. The first-order valence-electron chi connectivity index (χ1n) is 11.0. The number of hydroxylamine groups is 2. The maximum absolute atomic E-state index is 12.7. The Kier molecular flexibility index (Phi) is 7.30. The molecule has 5 amide bonds. The lowest BCUT2D eigenvalue weighted by molar-refractivity contribution is -0.167. The Morgan fingerprint density at radius 1 is 1.06 bits per heavy atom. The lowest BCUT2D eigenvalue weighted by atomic mass is 9.97. The van der Waals surface area contributed by atoms with E-state index in [1.54, 1.807) is 20.8 Å². The van der Waals surface area contributed by atoms with Crippen molar-refractivity contribution >= 4 is 29.9 Å². The first-order chi connectivity index (χ1) is 15.5. The molecule has 3 rings (SSSR count). The second-order valence-corrected chi connectivity index (χ2v) is 9.42. The molecule has 3 aliphatic rings. The Morgan fingerprint density at radius 2 is 1.76 bits per heavy atom. The third-order valence-electron chi connectivity index (χ3n) is 5.71.